The molecule has 0 aliphatic carbocycles. The van der Waals surface area contributed by atoms with Gasteiger partial charge in [0.1, 0.15) is 5.02 Å². The van der Waals surface area contributed by atoms with Crippen LogP contribution in [0.3, 0.4) is 0 Å². The minimum absolute atomic E-state index is 0.299. The van der Waals surface area contributed by atoms with E-state index in [4.69, 9.17) is 16.3 Å². The topological polar surface area (TPSA) is 59.4 Å². The Morgan fingerprint density at radius 3 is 2.59 bits per heavy atom. The number of carbonyl (C=O) groups is 1. The lowest BCUT2D eigenvalue weighted by molar-refractivity contribution is -0.143. The summed E-state index contributed by atoms with van der Waals surface area (Å²) < 4.78 is 44.1. The molecule has 0 atom stereocenters. The van der Waals surface area contributed by atoms with Gasteiger partial charge in [0, 0.05) is 33.2 Å². The van der Waals surface area contributed by atoms with Crippen molar-refractivity contribution >= 4 is 17.5 Å². The molecular formula is C12H16ClF3N4O2. The number of nitrogens with one attached hydrogen (secondary N) is 1. The number of amides is 1. The largest absolute Gasteiger partial charge is 0.434 e. The van der Waals surface area contributed by atoms with Gasteiger partial charge in [0.25, 0.3) is 5.91 Å². The zero-order valence-corrected chi connectivity index (χ0v) is 12.7. The number of carbonyl (C=O) groups excluding carboxylic acids is 1. The zero-order valence-electron chi connectivity index (χ0n) is 11.9. The van der Waals surface area contributed by atoms with E-state index in [0.717, 1.165) is 20.1 Å². The number of hydrogen-bond donors (Lipinski definition) is 1. The second-order valence-corrected chi connectivity index (χ2v) is 5.22. The summed E-state index contributed by atoms with van der Waals surface area (Å²) >= 11 is 5.65. The fourth-order valence-electron chi connectivity index (χ4n) is 2.19. The second kappa shape index (κ2) is 6.84. The molecule has 1 N–H and O–H groups in total. The number of nitrogens with zero attached hydrogens (tertiary/aromatic N) is 3. The Morgan fingerprint density at radius 2 is 2.05 bits per heavy atom. The van der Waals surface area contributed by atoms with Crippen LogP contribution in [0, 0.1) is 0 Å². The normalized spacial score (nSPS) is 16.8. The van der Waals surface area contributed by atoms with Crippen LogP contribution in [0.2, 0.25) is 5.02 Å². The van der Waals surface area contributed by atoms with Crippen molar-refractivity contribution < 1.29 is 22.7 Å². The van der Waals surface area contributed by atoms with E-state index in [1.165, 1.54) is 0 Å². The number of aromatic nitrogens is 2. The quantitative estimate of drug-likeness (QED) is 0.893. The van der Waals surface area contributed by atoms with Gasteiger partial charge >= 0.3 is 6.18 Å². The molecule has 1 aliphatic rings. The smallest absolute Gasteiger partial charge is 0.379 e. The van der Waals surface area contributed by atoms with Gasteiger partial charge in [-0.15, -0.1) is 0 Å². The van der Waals surface area contributed by atoms with Gasteiger partial charge in [0.05, 0.1) is 13.2 Å². The van der Waals surface area contributed by atoms with Gasteiger partial charge in [-0.1, -0.05) is 11.6 Å². The monoisotopic (exact) mass is 340 g/mol. The van der Waals surface area contributed by atoms with E-state index in [1.807, 2.05) is 0 Å². The van der Waals surface area contributed by atoms with E-state index < -0.39 is 28.5 Å². The summed E-state index contributed by atoms with van der Waals surface area (Å²) in [5.41, 5.74) is -1.55. The summed E-state index contributed by atoms with van der Waals surface area (Å²) in [5.74, 6) is -0.718. The molecule has 0 radical (unpaired) electrons. The van der Waals surface area contributed by atoms with Crippen LogP contribution >= 0.6 is 11.6 Å². The number of ether oxygens (including phenoxy) is 1. The molecule has 124 valence electrons. The van der Waals surface area contributed by atoms with Crippen molar-refractivity contribution in [2.75, 3.05) is 39.4 Å². The first-order valence-electron chi connectivity index (χ1n) is 6.68. The van der Waals surface area contributed by atoms with Gasteiger partial charge in [-0.2, -0.15) is 18.3 Å². The van der Waals surface area contributed by atoms with E-state index in [0.29, 0.717) is 31.0 Å². The highest BCUT2D eigenvalue weighted by Crippen LogP contribution is 2.35. The predicted octanol–water partition coefficient (Wildman–Crippen LogP) is 1.15. The van der Waals surface area contributed by atoms with Crippen LogP contribution in [-0.4, -0.2) is 60.0 Å². The highest BCUT2D eigenvalue weighted by Gasteiger charge is 2.39. The Bertz CT molecular complexity index is 541. The van der Waals surface area contributed by atoms with Gasteiger partial charge in [-0.3, -0.25) is 14.4 Å². The molecule has 1 aromatic rings. The minimum atomic E-state index is -4.66. The summed E-state index contributed by atoms with van der Waals surface area (Å²) in [5, 5.41) is 5.41. The van der Waals surface area contributed by atoms with Gasteiger partial charge < -0.3 is 10.1 Å². The Kier molecular flexibility index (Phi) is 5.30. The predicted molar refractivity (Wildman–Crippen MR) is 72.8 cm³/mol. The van der Waals surface area contributed by atoms with Crippen LogP contribution in [0.1, 0.15) is 16.2 Å². The second-order valence-electron chi connectivity index (χ2n) is 4.84. The summed E-state index contributed by atoms with van der Waals surface area (Å²) in [6.45, 7) is 3.68. The molecular weight excluding hydrogens is 325 g/mol. The van der Waals surface area contributed by atoms with Crippen molar-refractivity contribution in [3.8, 4) is 0 Å². The fourth-order valence-corrected chi connectivity index (χ4v) is 2.54. The molecule has 1 aromatic heterocycles. The maximum Gasteiger partial charge on any atom is 0.434 e. The first-order chi connectivity index (χ1) is 10.3. The minimum Gasteiger partial charge on any atom is -0.379 e. The van der Waals surface area contributed by atoms with Crippen LogP contribution < -0.4 is 5.32 Å². The lowest BCUT2D eigenvalue weighted by Gasteiger charge is -2.26. The molecule has 1 amide bonds. The van der Waals surface area contributed by atoms with Crippen LogP contribution in [0.5, 0.6) is 0 Å². The number of rotatable bonds is 4. The number of halogens is 4. The highest BCUT2D eigenvalue weighted by molar-refractivity contribution is 6.34. The van der Waals surface area contributed by atoms with Crippen LogP contribution in [0.15, 0.2) is 0 Å². The first kappa shape index (κ1) is 17.0. The lowest BCUT2D eigenvalue weighted by Crippen LogP contribution is -2.41. The maximum absolute atomic E-state index is 12.8. The molecule has 0 saturated carbocycles. The molecule has 2 rings (SSSR count). The summed E-state index contributed by atoms with van der Waals surface area (Å²) in [6, 6.07) is 0. The third-order valence-corrected chi connectivity index (χ3v) is 3.65. The van der Waals surface area contributed by atoms with Crippen LogP contribution in [-0.2, 0) is 18.0 Å². The van der Waals surface area contributed by atoms with Gasteiger partial charge in [-0.25, -0.2) is 0 Å². The summed E-state index contributed by atoms with van der Waals surface area (Å²) in [7, 11) is 1.10. The number of aryl methyl sites for hydroxylation is 1. The fraction of sp³-hybridized carbons (Fsp3) is 0.667. The van der Waals surface area contributed by atoms with Crippen molar-refractivity contribution in [1.82, 2.24) is 20.0 Å². The van der Waals surface area contributed by atoms with E-state index in [-0.39, 0.29) is 0 Å². The Labute approximate surface area is 130 Å². The molecule has 1 fully saturated rings. The molecule has 10 heteroatoms. The van der Waals surface area contributed by atoms with Gasteiger partial charge in [-0.05, 0) is 0 Å². The molecule has 0 unspecified atom stereocenters. The van der Waals surface area contributed by atoms with E-state index in [9.17, 15) is 18.0 Å². The SMILES string of the molecule is Cn1nc(C(=O)NCCN2CCOCC2)c(Cl)c1C(F)(F)F. The standard InChI is InChI=1S/C12H16ClF3N4O2/c1-19-10(12(14,15)16)8(13)9(18-19)11(21)17-2-3-20-4-6-22-7-5-20/h2-7H2,1H3,(H,17,21). The Morgan fingerprint density at radius 1 is 1.41 bits per heavy atom. The molecule has 22 heavy (non-hydrogen) atoms. The summed E-state index contributed by atoms with van der Waals surface area (Å²) in [4.78, 5) is 14.0. The van der Waals surface area contributed by atoms with E-state index in [2.05, 4.69) is 15.3 Å². The van der Waals surface area contributed by atoms with Gasteiger partial charge in [0.15, 0.2) is 11.4 Å². The number of morpholine rings is 1. The molecule has 1 aliphatic heterocycles. The average Bonchev–Trinajstić information content (AvgIpc) is 2.74. The third kappa shape index (κ3) is 3.90. The van der Waals surface area contributed by atoms with Crippen LogP contribution in [0.4, 0.5) is 13.2 Å². The van der Waals surface area contributed by atoms with Gasteiger partial charge in [0.2, 0.25) is 0 Å². The first-order valence-corrected chi connectivity index (χ1v) is 7.06. The number of hydrogen-bond acceptors (Lipinski definition) is 4. The van der Waals surface area contributed by atoms with Crippen molar-refractivity contribution in [2.24, 2.45) is 7.05 Å². The third-order valence-electron chi connectivity index (χ3n) is 3.29. The molecule has 0 bridgehead atoms. The van der Waals surface area contributed by atoms with Crippen molar-refractivity contribution in [3.05, 3.63) is 16.4 Å². The maximum atomic E-state index is 12.8. The van der Waals surface area contributed by atoms with Crippen molar-refractivity contribution in [3.63, 3.8) is 0 Å². The van der Waals surface area contributed by atoms with Crippen molar-refractivity contribution in [2.45, 2.75) is 6.18 Å². The lowest BCUT2D eigenvalue weighted by atomic mass is 10.3. The molecule has 2 heterocycles. The molecule has 1 saturated heterocycles. The molecule has 0 aromatic carbocycles. The van der Waals surface area contributed by atoms with Crippen LogP contribution in [0.25, 0.3) is 0 Å². The van der Waals surface area contributed by atoms with E-state index in [1.54, 1.807) is 0 Å². The van der Waals surface area contributed by atoms with Crippen molar-refractivity contribution in [1.29, 1.82) is 0 Å². The average molecular weight is 341 g/mol. The zero-order chi connectivity index (χ0) is 16.3. The number of alkyl halides is 3. The van der Waals surface area contributed by atoms with E-state index >= 15 is 0 Å². The molecule has 6 nitrogen and oxygen atoms in total. The Balaban J connectivity index is 1.95. The Hall–Kier alpha value is -1.32. The highest BCUT2D eigenvalue weighted by atomic mass is 35.5. The summed E-state index contributed by atoms with van der Waals surface area (Å²) in [6.07, 6.45) is -4.66. The molecule has 0 spiro atoms.